The maximum Gasteiger partial charge on any atom is 0.365 e. The summed E-state index contributed by atoms with van der Waals surface area (Å²) < 4.78 is 53.3. The molecule has 0 amide bonds. The Labute approximate surface area is 302 Å². The van der Waals surface area contributed by atoms with E-state index in [-0.39, 0.29) is 31.7 Å². The minimum Gasteiger partial charge on any atom is -0.354 e. The first-order valence-electron chi connectivity index (χ1n) is 17.4. The molecule has 5 heterocycles. The quantitative estimate of drug-likeness (QED) is 0.119. The Morgan fingerprint density at radius 1 is 0.462 bits per heavy atom. The highest BCUT2D eigenvalue weighted by Crippen LogP contribution is 2.50. The number of aromatic nitrogens is 4. The van der Waals surface area contributed by atoms with E-state index in [1.807, 2.05) is 109 Å². The Morgan fingerprint density at radius 3 is 1.19 bits per heavy atom. The lowest BCUT2D eigenvalue weighted by Crippen LogP contribution is -2.17. The van der Waals surface area contributed by atoms with Crippen molar-refractivity contribution in [2.24, 2.45) is 0 Å². The highest BCUT2D eigenvalue weighted by atomic mass is 31.2. The largest absolute Gasteiger partial charge is 0.365 e. The molecular weight excluding hydrogens is 694 g/mol. The molecule has 0 fully saturated rings. The van der Waals surface area contributed by atoms with Gasteiger partial charge in [0.2, 0.25) is 0 Å². The zero-order valence-electron chi connectivity index (χ0n) is 29.5. The summed E-state index contributed by atoms with van der Waals surface area (Å²) >= 11 is 0. The Kier molecular flexibility index (Phi) is 10.4. The van der Waals surface area contributed by atoms with E-state index < -0.39 is 15.2 Å². The number of H-pyrrole nitrogens is 2. The van der Waals surface area contributed by atoms with Crippen molar-refractivity contribution < 1.29 is 27.2 Å². The summed E-state index contributed by atoms with van der Waals surface area (Å²) in [5, 5.41) is 0.655. The molecular formula is C40H40N4O6P2. The third kappa shape index (κ3) is 6.70. The summed E-state index contributed by atoms with van der Waals surface area (Å²) in [5.74, 6) is 0. The first kappa shape index (κ1) is 35.7. The predicted molar refractivity (Wildman–Crippen MR) is 211 cm³/mol. The van der Waals surface area contributed by atoms with Crippen LogP contribution in [-0.4, -0.2) is 46.4 Å². The third-order valence-corrected chi connectivity index (χ3v) is 13.0. The van der Waals surface area contributed by atoms with E-state index >= 15 is 0 Å². The summed E-state index contributed by atoms with van der Waals surface area (Å²) in [6.07, 6.45) is 7.42. The van der Waals surface area contributed by atoms with Crippen molar-refractivity contribution in [1.82, 2.24) is 19.9 Å². The van der Waals surface area contributed by atoms with E-state index in [1.165, 1.54) is 0 Å². The van der Waals surface area contributed by atoms with Crippen LogP contribution >= 0.6 is 15.2 Å². The summed E-state index contributed by atoms with van der Waals surface area (Å²) in [4.78, 5) is 17.3. The average molecular weight is 735 g/mol. The normalized spacial score (nSPS) is 12.8. The number of hydrogen-bond acceptors (Lipinski definition) is 8. The number of rotatable bonds is 12. The van der Waals surface area contributed by atoms with Crippen LogP contribution in [0.2, 0.25) is 0 Å². The number of nitrogens with zero attached hydrogens (tertiary/aromatic N) is 2. The molecule has 2 aromatic carbocycles. The van der Waals surface area contributed by atoms with Gasteiger partial charge in [0.15, 0.2) is 0 Å². The molecule has 10 nitrogen and oxygen atoms in total. The van der Waals surface area contributed by atoms with Crippen LogP contribution in [0.3, 0.4) is 0 Å². The highest BCUT2D eigenvalue weighted by molar-refractivity contribution is 7.63. The van der Waals surface area contributed by atoms with Gasteiger partial charge in [-0.3, -0.25) is 9.13 Å². The standard InChI is InChI=1S/C40H40N4O6P2/c1-5-47-51(45,48-6-2)39-33-23-19-29(41-33)37(27-15-11-9-12-16-27)31-21-25-35(43-31)40(52(46,49-7-3)50-8-4)36-26-22-32(44-36)38(28-17-13-10-14-18-28)30-20-24-34(39)42-30/h9-26,41-42H,5-8H2,1-4H3. The molecule has 266 valence electrons. The van der Waals surface area contributed by atoms with Crippen LogP contribution in [0.5, 0.6) is 0 Å². The van der Waals surface area contributed by atoms with Crippen molar-refractivity contribution in [1.29, 1.82) is 0 Å². The molecule has 7 rings (SSSR count). The van der Waals surface area contributed by atoms with Gasteiger partial charge in [0.25, 0.3) is 0 Å². The maximum atomic E-state index is 14.7. The minimum atomic E-state index is -3.91. The molecule has 0 unspecified atom stereocenters. The van der Waals surface area contributed by atoms with Gasteiger partial charge in [-0.25, -0.2) is 9.97 Å². The van der Waals surface area contributed by atoms with Crippen molar-refractivity contribution in [3.63, 3.8) is 0 Å². The molecule has 2 aliphatic rings. The van der Waals surface area contributed by atoms with Crippen LogP contribution in [0.1, 0.15) is 50.5 Å². The molecule has 12 heteroatoms. The lowest BCUT2D eigenvalue weighted by molar-refractivity contribution is 0.229. The van der Waals surface area contributed by atoms with Gasteiger partial charge in [0, 0.05) is 22.2 Å². The second-order valence-electron chi connectivity index (χ2n) is 11.8. The molecule has 52 heavy (non-hydrogen) atoms. The smallest absolute Gasteiger partial charge is 0.354 e. The number of aromatic amines is 2. The van der Waals surface area contributed by atoms with Gasteiger partial charge >= 0.3 is 15.2 Å². The van der Waals surface area contributed by atoms with Gasteiger partial charge in [0.1, 0.15) is 10.6 Å². The van der Waals surface area contributed by atoms with E-state index in [0.717, 1.165) is 22.3 Å². The molecule has 2 N–H and O–H groups in total. The SMILES string of the molecule is CCOP(=O)(OCC)c1c2nc(c(-c3ccccc3)c3ccc([nH]3)c(P(=O)(OCC)OCC)c3ccc([nH]3)c(-c3ccccc3)c3nc1C=C3)C=C2. The Balaban J connectivity index is 1.72. The van der Waals surface area contributed by atoms with Crippen molar-refractivity contribution in [2.75, 3.05) is 26.4 Å². The summed E-state index contributed by atoms with van der Waals surface area (Å²) in [5.41, 5.74) is 7.94. The van der Waals surface area contributed by atoms with Gasteiger partial charge in [-0.05, 0) is 87.4 Å². The fourth-order valence-electron chi connectivity index (χ4n) is 6.58. The zero-order chi connectivity index (χ0) is 36.3. The van der Waals surface area contributed by atoms with Crippen molar-refractivity contribution in [3.05, 3.63) is 108 Å². The van der Waals surface area contributed by atoms with Crippen LogP contribution in [0, 0.1) is 0 Å². The van der Waals surface area contributed by atoms with Gasteiger partial charge in [-0.2, -0.15) is 0 Å². The molecule has 0 radical (unpaired) electrons. The van der Waals surface area contributed by atoms with Crippen LogP contribution in [0.15, 0.2) is 84.9 Å². The van der Waals surface area contributed by atoms with Gasteiger partial charge < -0.3 is 28.1 Å². The van der Waals surface area contributed by atoms with Crippen LogP contribution < -0.4 is 10.6 Å². The average Bonchev–Trinajstić information content (AvgIpc) is 3.97. The van der Waals surface area contributed by atoms with Crippen molar-refractivity contribution >= 4 is 72.2 Å². The fourth-order valence-corrected chi connectivity index (χ4v) is 10.3. The van der Waals surface area contributed by atoms with Gasteiger partial charge in [-0.15, -0.1) is 0 Å². The first-order chi connectivity index (χ1) is 25.3. The van der Waals surface area contributed by atoms with Crippen molar-refractivity contribution in [3.8, 4) is 22.3 Å². The molecule has 0 aliphatic carbocycles. The minimum absolute atomic E-state index is 0.160. The molecule has 0 saturated heterocycles. The van der Waals surface area contributed by atoms with Crippen LogP contribution in [-0.2, 0) is 27.2 Å². The number of hydrogen-bond donors (Lipinski definition) is 2. The van der Waals surface area contributed by atoms with E-state index in [0.29, 0.717) is 50.1 Å². The van der Waals surface area contributed by atoms with E-state index in [4.69, 9.17) is 28.1 Å². The Bertz CT molecular complexity index is 2280. The van der Waals surface area contributed by atoms with Crippen molar-refractivity contribution in [2.45, 2.75) is 27.7 Å². The van der Waals surface area contributed by atoms with Gasteiger partial charge in [-0.1, -0.05) is 60.7 Å². The number of fused-ring (bicyclic) bond motifs is 8. The summed E-state index contributed by atoms with van der Waals surface area (Å²) in [7, 11) is -7.78. The molecule has 5 aromatic rings. The molecule has 2 aliphatic heterocycles. The molecule has 3 aromatic heterocycles. The summed E-state index contributed by atoms with van der Waals surface area (Å²) in [6.45, 7) is 7.83. The zero-order valence-corrected chi connectivity index (χ0v) is 31.2. The second kappa shape index (κ2) is 15.1. The van der Waals surface area contributed by atoms with Crippen LogP contribution in [0.4, 0.5) is 0 Å². The number of benzene rings is 2. The maximum absolute atomic E-state index is 14.7. The highest BCUT2D eigenvalue weighted by Gasteiger charge is 2.35. The van der Waals surface area contributed by atoms with E-state index in [9.17, 15) is 9.13 Å². The monoisotopic (exact) mass is 734 g/mol. The Morgan fingerprint density at radius 2 is 0.808 bits per heavy atom. The van der Waals surface area contributed by atoms with Gasteiger partial charge in [0.05, 0.1) is 60.2 Å². The number of nitrogens with one attached hydrogen (secondary N) is 2. The molecule has 8 bridgehead atoms. The van der Waals surface area contributed by atoms with Crippen LogP contribution in [0.25, 0.3) is 68.6 Å². The topological polar surface area (TPSA) is 128 Å². The third-order valence-electron chi connectivity index (χ3n) is 8.57. The molecule has 0 spiro atoms. The first-order valence-corrected chi connectivity index (χ1v) is 20.5. The Hall–Kier alpha value is -4.66. The van der Waals surface area contributed by atoms with E-state index in [1.54, 1.807) is 27.7 Å². The lowest BCUT2D eigenvalue weighted by atomic mass is 10.0. The second-order valence-corrected chi connectivity index (χ2v) is 15.8. The van der Waals surface area contributed by atoms with E-state index in [2.05, 4.69) is 9.97 Å². The lowest BCUT2D eigenvalue weighted by Gasteiger charge is -2.18. The fraction of sp³-hybridized carbons (Fsp3) is 0.200. The molecule has 0 atom stereocenters. The predicted octanol–water partition coefficient (Wildman–Crippen LogP) is 9.77. The molecule has 0 saturated carbocycles. The summed E-state index contributed by atoms with van der Waals surface area (Å²) in [6, 6.07) is 27.3.